The van der Waals surface area contributed by atoms with E-state index in [0.29, 0.717) is 5.02 Å². The summed E-state index contributed by atoms with van der Waals surface area (Å²) in [6.45, 7) is 5.00. The summed E-state index contributed by atoms with van der Waals surface area (Å²) in [5, 5.41) is 6.93. The summed E-state index contributed by atoms with van der Waals surface area (Å²) in [4.78, 5) is 21.9. The Kier molecular flexibility index (Phi) is 7.48. The van der Waals surface area contributed by atoms with Crippen LogP contribution in [-0.2, 0) is 11.0 Å². The highest BCUT2D eigenvalue weighted by Gasteiger charge is 2.35. The second-order valence-electron chi connectivity index (χ2n) is 6.35. The minimum Gasteiger partial charge on any atom is -0.393 e. The number of benzene rings is 1. The minimum absolute atomic E-state index is 0.137. The van der Waals surface area contributed by atoms with Crippen LogP contribution in [-0.4, -0.2) is 28.7 Å². The van der Waals surface area contributed by atoms with Crippen LogP contribution in [0.2, 0.25) is 10.0 Å². The van der Waals surface area contributed by atoms with Gasteiger partial charge in [-0.1, -0.05) is 40.5 Å². The number of alkyl halides is 3. The predicted octanol–water partition coefficient (Wildman–Crippen LogP) is 5.35. The fourth-order valence-electron chi connectivity index (χ4n) is 2.36. The van der Waals surface area contributed by atoms with Crippen LogP contribution < -0.4 is 5.32 Å². The summed E-state index contributed by atoms with van der Waals surface area (Å²) >= 11 is 12.0. The molecule has 2 aromatic rings. The van der Waals surface area contributed by atoms with Crippen molar-refractivity contribution < 1.29 is 22.8 Å². The maximum absolute atomic E-state index is 13.2. The summed E-state index contributed by atoms with van der Waals surface area (Å²) < 4.78 is 39.6. The normalized spacial score (nSPS) is 13.3. The number of amides is 1. The lowest BCUT2D eigenvalue weighted by molar-refractivity contribution is -0.137. The quantitative estimate of drug-likeness (QED) is 0.479. The van der Waals surface area contributed by atoms with Gasteiger partial charge in [-0.25, -0.2) is 0 Å². The fourth-order valence-corrected chi connectivity index (χ4v) is 2.84. The molecular formula is C19H18Cl2F3N3O2. The molecule has 0 bridgehead atoms. The van der Waals surface area contributed by atoms with Crippen LogP contribution in [0.15, 0.2) is 41.7 Å². The van der Waals surface area contributed by atoms with Crippen LogP contribution >= 0.6 is 23.2 Å². The van der Waals surface area contributed by atoms with E-state index >= 15 is 0 Å². The molecule has 2 rings (SSSR count). The van der Waals surface area contributed by atoms with E-state index in [2.05, 4.69) is 15.5 Å². The number of carbonyl (C=O) groups is 1. The first-order valence-corrected chi connectivity index (χ1v) is 9.28. The number of nitrogens with one attached hydrogen (secondary N) is 1. The number of pyridine rings is 1. The van der Waals surface area contributed by atoms with Gasteiger partial charge in [0.05, 0.1) is 27.2 Å². The van der Waals surface area contributed by atoms with Gasteiger partial charge < -0.3 is 10.2 Å². The zero-order chi connectivity index (χ0) is 21.8. The summed E-state index contributed by atoms with van der Waals surface area (Å²) in [5.41, 5.74) is -1.22. The van der Waals surface area contributed by atoms with Gasteiger partial charge >= 0.3 is 6.18 Å². The van der Waals surface area contributed by atoms with Crippen LogP contribution in [0.4, 0.5) is 13.2 Å². The molecule has 0 aliphatic carbocycles. The molecule has 0 saturated heterocycles. The van der Waals surface area contributed by atoms with Crippen molar-refractivity contribution in [1.82, 2.24) is 10.3 Å². The molecule has 0 fully saturated rings. The van der Waals surface area contributed by atoms with E-state index in [9.17, 15) is 18.0 Å². The number of rotatable bonds is 6. The van der Waals surface area contributed by atoms with Crippen LogP contribution in [0.25, 0.3) is 0 Å². The molecule has 1 aromatic carbocycles. The van der Waals surface area contributed by atoms with E-state index in [0.717, 1.165) is 12.1 Å². The molecule has 1 amide bonds. The molecule has 1 heterocycles. The molecule has 1 aromatic heterocycles. The van der Waals surface area contributed by atoms with Crippen molar-refractivity contribution in [2.75, 3.05) is 0 Å². The van der Waals surface area contributed by atoms with Crippen LogP contribution in [0.5, 0.6) is 0 Å². The van der Waals surface area contributed by atoms with Crippen molar-refractivity contribution in [2.24, 2.45) is 5.16 Å². The highest BCUT2D eigenvalue weighted by Crippen LogP contribution is 2.32. The first kappa shape index (κ1) is 23.0. The number of aromatic nitrogens is 1. The van der Waals surface area contributed by atoms with Crippen LogP contribution in [0.3, 0.4) is 0 Å². The van der Waals surface area contributed by atoms with Crippen molar-refractivity contribution in [1.29, 1.82) is 0 Å². The Morgan fingerprint density at radius 1 is 1.21 bits per heavy atom. The summed E-state index contributed by atoms with van der Waals surface area (Å²) in [6, 6.07) is 5.07. The Morgan fingerprint density at radius 2 is 1.86 bits per heavy atom. The van der Waals surface area contributed by atoms with E-state index in [-0.39, 0.29) is 22.5 Å². The molecule has 10 heteroatoms. The van der Waals surface area contributed by atoms with Gasteiger partial charge in [0.25, 0.3) is 5.91 Å². The number of hydrogen-bond acceptors (Lipinski definition) is 4. The highest BCUT2D eigenvalue weighted by atomic mass is 35.5. The summed E-state index contributed by atoms with van der Waals surface area (Å²) in [7, 11) is 0. The maximum Gasteiger partial charge on any atom is 0.417 e. The molecule has 1 atom stereocenters. The number of hydrogen-bond donors (Lipinski definition) is 1. The van der Waals surface area contributed by atoms with Gasteiger partial charge in [0.2, 0.25) is 0 Å². The first-order chi connectivity index (χ1) is 13.5. The van der Waals surface area contributed by atoms with E-state index in [1.54, 1.807) is 13.8 Å². The summed E-state index contributed by atoms with van der Waals surface area (Å²) in [5.74, 6) is -0.923. The second kappa shape index (κ2) is 9.45. The number of halogens is 5. The topological polar surface area (TPSA) is 63.6 Å². The SMILES string of the molecule is CC(C)ON=C(c1ncc(Cl)cc1Cl)[C@H](C)NC(=O)c1ccccc1C(F)(F)F. The Bertz CT molecular complexity index is 918. The molecule has 0 saturated carbocycles. The maximum atomic E-state index is 13.2. The molecule has 0 radical (unpaired) electrons. The summed E-state index contributed by atoms with van der Waals surface area (Å²) in [6.07, 6.45) is -3.62. The first-order valence-electron chi connectivity index (χ1n) is 8.53. The number of nitrogens with zero attached hydrogens (tertiary/aromatic N) is 2. The largest absolute Gasteiger partial charge is 0.417 e. The Morgan fingerprint density at radius 3 is 2.45 bits per heavy atom. The molecule has 5 nitrogen and oxygen atoms in total. The minimum atomic E-state index is -4.67. The lowest BCUT2D eigenvalue weighted by Gasteiger charge is -2.19. The van der Waals surface area contributed by atoms with Gasteiger partial charge in [0, 0.05) is 6.20 Å². The average molecular weight is 448 g/mol. The Labute approximate surface area is 175 Å². The fraction of sp³-hybridized carbons (Fsp3) is 0.316. The van der Waals surface area contributed by atoms with Crippen molar-refractivity contribution >= 4 is 34.8 Å². The molecular weight excluding hydrogens is 430 g/mol. The zero-order valence-electron chi connectivity index (χ0n) is 15.7. The van der Waals surface area contributed by atoms with Crippen molar-refractivity contribution in [2.45, 2.75) is 39.1 Å². The van der Waals surface area contributed by atoms with Crippen molar-refractivity contribution in [3.05, 3.63) is 63.4 Å². The third kappa shape index (κ3) is 6.08. The number of oxime groups is 1. The average Bonchev–Trinajstić information content (AvgIpc) is 2.62. The lowest BCUT2D eigenvalue weighted by Crippen LogP contribution is -2.40. The second-order valence-corrected chi connectivity index (χ2v) is 7.20. The Balaban J connectivity index is 2.37. The van der Waals surface area contributed by atoms with E-state index in [1.807, 2.05) is 0 Å². The lowest BCUT2D eigenvalue weighted by atomic mass is 10.0. The molecule has 29 heavy (non-hydrogen) atoms. The molecule has 156 valence electrons. The molecule has 0 unspecified atom stereocenters. The third-order valence-electron chi connectivity index (χ3n) is 3.65. The van der Waals surface area contributed by atoms with Gasteiger partial charge in [-0.05, 0) is 39.0 Å². The van der Waals surface area contributed by atoms with Gasteiger partial charge in [-0.2, -0.15) is 13.2 Å². The predicted molar refractivity (Wildman–Crippen MR) is 105 cm³/mol. The zero-order valence-corrected chi connectivity index (χ0v) is 17.2. The molecule has 0 aliphatic heterocycles. The molecule has 0 aliphatic rings. The third-order valence-corrected chi connectivity index (χ3v) is 4.14. The van der Waals surface area contributed by atoms with Crippen LogP contribution in [0, 0.1) is 0 Å². The van der Waals surface area contributed by atoms with Crippen molar-refractivity contribution in [3.63, 3.8) is 0 Å². The van der Waals surface area contributed by atoms with Gasteiger partial charge in [-0.15, -0.1) is 0 Å². The standard InChI is InChI=1S/C19H18Cl2F3N3O2/c1-10(2)29-27-16(17-15(21)8-12(20)9-25-17)11(3)26-18(28)13-6-4-5-7-14(13)19(22,23)24/h4-11H,1-3H3,(H,26,28)/t11-/m0/s1. The van der Waals surface area contributed by atoms with E-state index in [4.69, 9.17) is 28.0 Å². The highest BCUT2D eigenvalue weighted by molar-refractivity contribution is 6.36. The van der Waals surface area contributed by atoms with Gasteiger partial charge in [-0.3, -0.25) is 9.78 Å². The van der Waals surface area contributed by atoms with Crippen LogP contribution in [0.1, 0.15) is 42.4 Å². The van der Waals surface area contributed by atoms with E-state index < -0.39 is 29.3 Å². The van der Waals surface area contributed by atoms with Gasteiger partial charge in [0.15, 0.2) is 0 Å². The monoisotopic (exact) mass is 447 g/mol. The Hall–Kier alpha value is -2.32. The molecule has 1 N–H and O–H groups in total. The smallest absolute Gasteiger partial charge is 0.393 e. The number of carbonyl (C=O) groups excluding carboxylic acids is 1. The van der Waals surface area contributed by atoms with E-state index in [1.165, 1.54) is 31.3 Å². The van der Waals surface area contributed by atoms with Gasteiger partial charge in [0.1, 0.15) is 17.5 Å². The molecule has 0 spiro atoms. The van der Waals surface area contributed by atoms with Crippen molar-refractivity contribution in [3.8, 4) is 0 Å².